The molecule has 0 bridgehead atoms. The average molecular weight is 302 g/mol. The first-order chi connectivity index (χ1) is 10.8. The van der Waals surface area contributed by atoms with Gasteiger partial charge in [-0.25, -0.2) is 4.98 Å². The summed E-state index contributed by atoms with van der Waals surface area (Å²) >= 11 is 0. The Hall–Kier alpha value is -2.01. The van der Waals surface area contributed by atoms with E-state index in [0.717, 1.165) is 55.5 Å². The van der Waals surface area contributed by atoms with Crippen LogP contribution in [-0.2, 0) is 11.3 Å². The fourth-order valence-electron chi connectivity index (χ4n) is 2.85. The van der Waals surface area contributed by atoms with E-state index in [4.69, 9.17) is 14.2 Å². The van der Waals surface area contributed by atoms with Crippen molar-refractivity contribution in [2.45, 2.75) is 19.4 Å². The second kappa shape index (κ2) is 6.83. The van der Waals surface area contributed by atoms with E-state index in [1.54, 1.807) is 14.2 Å². The monoisotopic (exact) mass is 302 g/mol. The molecule has 2 aromatic rings. The Morgan fingerprint density at radius 3 is 2.95 bits per heavy atom. The largest absolute Gasteiger partial charge is 0.497 e. The van der Waals surface area contributed by atoms with Gasteiger partial charge in [0.05, 0.1) is 19.8 Å². The third-order valence-corrected chi connectivity index (χ3v) is 4.17. The second-order valence-corrected chi connectivity index (χ2v) is 5.53. The van der Waals surface area contributed by atoms with E-state index in [1.807, 2.05) is 30.6 Å². The van der Waals surface area contributed by atoms with Crippen molar-refractivity contribution < 1.29 is 14.2 Å². The minimum atomic E-state index is 0.660. The van der Waals surface area contributed by atoms with Crippen LogP contribution < -0.4 is 9.47 Å². The van der Waals surface area contributed by atoms with Crippen LogP contribution in [-0.4, -0.2) is 37.0 Å². The number of hydrogen-bond donors (Lipinski definition) is 0. The standard InChI is InChI=1S/C17H22N2O3/c1-20-14-3-4-15(16(11-14)21-2)17-18-7-9-19(17)8-5-13-6-10-22-12-13/h3-4,7,9,11,13H,5-6,8,10,12H2,1-2H3. The Morgan fingerprint density at radius 1 is 1.32 bits per heavy atom. The molecule has 5 heteroatoms. The van der Waals surface area contributed by atoms with Crippen LogP contribution in [0.15, 0.2) is 30.6 Å². The van der Waals surface area contributed by atoms with Crippen molar-refractivity contribution in [3.8, 4) is 22.9 Å². The third kappa shape index (κ3) is 3.09. The Labute approximate surface area is 130 Å². The predicted molar refractivity (Wildman–Crippen MR) is 84.3 cm³/mol. The van der Waals surface area contributed by atoms with Crippen LogP contribution in [0.2, 0.25) is 0 Å². The maximum atomic E-state index is 5.49. The summed E-state index contributed by atoms with van der Waals surface area (Å²) < 4.78 is 18.4. The molecule has 1 unspecified atom stereocenters. The quantitative estimate of drug-likeness (QED) is 0.823. The molecule has 3 rings (SSSR count). The van der Waals surface area contributed by atoms with Crippen molar-refractivity contribution in [2.75, 3.05) is 27.4 Å². The second-order valence-electron chi connectivity index (χ2n) is 5.53. The lowest BCUT2D eigenvalue weighted by Gasteiger charge is -2.13. The van der Waals surface area contributed by atoms with E-state index in [9.17, 15) is 0 Å². The van der Waals surface area contributed by atoms with Gasteiger partial charge in [0, 0.05) is 38.2 Å². The van der Waals surface area contributed by atoms with Gasteiger partial charge in [-0.2, -0.15) is 0 Å². The fraction of sp³-hybridized carbons (Fsp3) is 0.471. The van der Waals surface area contributed by atoms with E-state index in [2.05, 4.69) is 9.55 Å². The average Bonchev–Trinajstić information content (AvgIpc) is 3.23. The van der Waals surface area contributed by atoms with Gasteiger partial charge in [0.15, 0.2) is 0 Å². The van der Waals surface area contributed by atoms with Gasteiger partial charge in [0.2, 0.25) is 0 Å². The zero-order valence-electron chi connectivity index (χ0n) is 13.1. The number of methoxy groups -OCH3 is 2. The van der Waals surface area contributed by atoms with Crippen molar-refractivity contribution in [3.63, 3.8) is 0 Å². The van der Waals surface area contributed by atoms with E-state index < -0.39 is 0 Å². The molecule has 0 N–H and O–H groups in total. The maximum absolute atomic E-state index is 5.49. The minimum absolute atomic E-state index is 0.660. The Kier molecular flexibility index (Phi) is 4.63. The lowest BCUT2D eigenvalue weighted by Crippen LogP contribution is -2.07. The van der Waals surface area contributed by atoms with Crippen LogP contribution in [0, 0.1) is 5.92 Å². The van der Waals surface area contributed by atoms with E-state index in [0.29, 0.717) is 5.92 Å². The van der Waals surface area contributed by atoms with E-state index in [1.165, 1.54) is 0 Å². The normalized spacial score (nSPS) is 17.6. The summed E-state index contributed by atoms with van der Waals surface area (Å²) in [6, 6.07) is 5.82. The van der Waals surface area contributed by atoms with Crippen molar-refractivity contribution in [1.82, 2.24) is 9.55 Å². The van der Waals surface area contributed by atoms with E-state index in [-0.39, 0.29) is 0 Å². The zero-order chi connectivity index (χ0) is 15.4. The van der Waals surface area contributed by atoms with Gasteiger partial charge >= 0.3 is 0 Å². The van der Waals surface area contributed by atoms with Crippen LogP contribution in [0.25, 0.3) is 11.4 Å². The molecule has 22 heavy (non-hydrogen) atoms. The lowest BCUT2D eigenvalue weighted by molar-refractivity contribution is 0.183. The molecule has 2 heterocycles. The summed E-state index contributed by atoms with van der Waals surface area (Å²) in [5.74, 6) is 3.14. The number of ether oxygens (including phenoxy) is 3. The molecule has 1 aliphatic heterocycles. The lowest BCUT2D eigenvalue weighted by atomic mass is 10.1. The number of benzene rings is 1. The van der Waals surface area contributed by atoms with Crippen molar-refractivity contribution in [1.29, 1.82) is 0 Å². The molecular formula is C17H22N2O3. The number of nitrogens with zero attached hydrogens (tertiary/aromatic N) is 2. The number of aryl methyl sites for hydroxylation is 1. The summed E-state index contributed by atoms with van der Waals surface area (Å²) in [6.07, 6.45) is 6.14. The molecule has 1 aromatic carbocycles. The highest BCUT2D eigenvalue weighted by Gasteiger charge is 2.17. The predicted octanol–water partition coefficient (Wildman–Crippen LogP) is 2.99. The topological polar surface area (TPSA) is 45.5 Å². The van der Waals surface area contributed by atoms with Crippen LogP contribution in [0.4, 0.5) is 0 Å². The first kappa shape index (κ1) is 14.9. The minimum Gasteiger partial charge on any atom is -0.497 e. The van der Waals surface area contributed by atoms with Gasteiger partial charge in [-0.3, -0.25) is 0 Å². The number of hydrogen-bond acceptors (Lipinski definition) is 4. The molecule has 0 radical (unpaired) electrons. The van der Waals surface area contributed by atoms with Gasteiger partial charge in [0.25, 0.3) is 0 Å². The highest BCUT2D eigenvalue weighted by Crippen LogP contribution is 2.32. The SMILES string of the molecule is COc1ccc(-c2nccn2CCC2CCOC2)c(OC)c1. The summed E-state index contributed by atoms with van der Waals surface area (Å²) in [7, 11) is 3.32. The van der Waals surface area contributed by atoms with Crippen LogP contribution >= 0.6 is 0 Å². The van der Waals surface area contributed by atoms with Gasteiger partial charge in [0.1, 0.15) is 17.3 Å². The molecule has 0 amide bonds. The molecule has 1 fully saturated rings. The summed E-state index contributed by atoms with van der Waals surface area (Å²) in [4.78, 5) is 4.51. The fourth-order valence-corrected chi connectivity index (χ4v) is 2.85. The zero-order valence-corrected chi connectivity index (χ0v) is 13.1. The maximum Gasteiger partial charge on any atom is 0.143 e. The summed E-state index contributed by atoms with van der Waals surface area (Å²) in [5, 5.41) is 0. The molecule has 0 saturated carbocycles. The molecule has 1 aliphatic rings. The molecule has 5 nitrogen and oxygen atoms in total. The highest BCUT2D eigenvalue weighted by atomic mass is 16.5. The first-order valence-electron chi connectivity index (χ1n) is 7.63. The van der Waals surface area contributed by atoms with Crippen LogP contribution in [0.3, 0.4) is 0 Å². The highest BCUT2D eigenvalue weighted by molar-refractivity contribution is 5.66. The Balaban J connectivity index is 1.81. The van der Waals surface area contributed by atoms with Gasteiger partial charge in [-0.1, -0.05) is 0 Å². The number of imidazole rings is 1. The van der Waals surface area contributed by atoms with Gasteiger partial charge in [-0.05, 0) is 30.9 Å². The summed E-state index contributed by atoms with van der Waals surface area (Å²) in [5.41, 5.74) is 0.982. The van der Waals surface area contributed by atoms with Gasteiger partial charge < -0.3 is 18.8 Å². The molecule has 1 atom stereocenters. The van der Waals surface area contributed by atoms with E-state index >= 15 is 0 Å². The third-order valence-electron chi connectivity index (χ3n) is 4.17. The Bertz CT molecular complexity index is 618. The first-order valence-corrected chi connectivity index (χ1v) is 7.63. The molecule has 1 saturated heterocycles. The Morgan fingerprint density at radius 2 is 2.23 bits per heavy atom. The summed E-state index contributed by atoms with van der Waals surface area (Å²) in [6.45, 7) is 2.72. The molecule has 118 valence electrons. The van der Waals surface area contributed by atoms with Gasteiger partial charge in [-0.15, -0.1) is 0 Å². The van der Waals surface area contributed by atoms with Crippen molar-refractivity contribution in [2.24, 2.45) is 5.92 Å². The molecule has 1 aromatic heterocycles. The molecule has 0 spiro atoms. The number of aromatic nitrogens is 2. The smallest absolute Gasteiger partial charge is 0.143 e. The molecular weight excluding hydrogens is 280 g/mol. The van der Waals surface area contributed by atoms with Crippen molar-refractivity contribution in [3.05, 3.63) is 30.6 Å². The van der Waals surface area contributed by atoms with Crippen LogP contribution in [0.1, 0.15) is 12.8 Å². The van der Waals surface area contributed by atoms with Crippen molar-refractivity contribution >= 4 is 0 Å². The number of rotatable bonds is 6. The molecule has 0 aliphatic carbocycles. The van der Waals surface area contributed by atoms with Crippen LogP contribution in [0.5, 0.6) is 11.5 Å².